The quantitative estimate of drug-likeness (QED) is 0.850. The lowest BCUT2D eigenvalue weighted by atomic mass is 10.0. The molecule has 1 aromatic heterocycles. The van der Waals surface area contributed by atoms with E-state index in [1.165, 1.54) is 21.7 Å². The van der Waals surface area contributed by atoms with Crippen LogP contribution in [0.5, 0.6) is 5.75 Å². The number of hydrogen-bond donors (Lipinski definition) is 2. The van der Waals surface area contributed by atoms with Crippen molar-refractivity contribution < 1.29 is 9.53 Å². The van der Waals surface area contributed by atoms with Crippen LogP contribution in [-0.2, 0) is 11.3 Å². The highest BCUT2D eigenvalue weighted by Crippen LogP contribution is 2.29. The number of benzene rings is 1. The second-order valence-electron chi connectivity index (χ2n) is 5.71. The van der Waals surface area contributed by atoms with Crippen LogP contribution < -0.4 is 15.4 Å². The summed E-state index contributed by atoms with van der Waals surface area (Å²) < 4.78 is 5.18. The van der Waals surface area contributed by atoms with Crippen molar-refractivity contribution in [2.75, 3.05) is 13.7 Å². The lowest BCUT2D eigenvalue weighted by Gasteiger charge is -2.22. The zero-order valence-electron chi connectivity index (χ0n) is 13.7. The fourth-order valence-electron chi connectivity index (χ4n) is 2.76. The maximum absolute atomic E-state index is 12.1. The Kier molecular flexibility index (Phi) is 7.09. The third-order valence-corrected chi connectivity index (χ3v) is 5.23. The van der Waals surface area contributed by atoms with Gasteiger partial charge in [-0.05, 0) is 61.3 Å². The molecule has 1 saturated heterocycles. The van der Waals surface area contributed by atoms with Gasteiger partial charge in [-0.2, -0.15) is 0 Å². The van der Waals surface area contributed by atoms with Crippen molar-refractivity contribution >= 4 is 29.7 Å². The van der Waals surface area contributed by atoms with Crippen LogP contribution in [0, 0.1) is 0 Å². The van der Waals surface area contributed by atoms with Gasteiger partial charge in [-0.1, -0.05) is 6.42 Å². The number of amides is 1. The van der Waals surface area contributed by atoms with Crippen molar-refractivity contribution in [1.82, 2.24) is 10.6 Å². The number of halogens is 1. The van der Waals surface area contributed by atoms with Crippen LogP contribution in [0.4, 0.5) is 0 Å². The predicted molar refractivity (Wildman–Crippen MR) is 101 cm³/mol. The fraction of sp³-hybridized carbons (Fsp3) is 0.389. The minimum absolute atomic E-state index is 0. The second-order valence-corrected chi connectivity index (χ2v) is 6.88. The van der Waals surface area contributed by atoms with Gasteiger partial charge in [0.2, 0.25) is 5.91 Å². The number of methoxy groups -OCH3 is 1. The summed E-state index contributed by atoms with van der Waals surface area (Å²) in [6.07, 6.45) is 3.24. The maximum atomic E-state index is 12.1. The molecular formula is C18H23ClN2O2S. The van der Waals surface area contributed by atoms with Crippen molar-refractivity contribution in [3.63, 3.8) is 0 Å². The van der Waals surface area contributed by atoms with E-state index in [9.17, 15) is 4.79 Å². The van der Waals surface area contributed by atoms with Crippen LogP contribution in [0.2, 0.25) is 0 Å². The zero-order chi connectivity index (χ0) is 16.1. The molecule has 1 aliphatic rings. The van der Waals surface area contributed by atoms with Crippen LogP contribution in [0.25, 0.3) is 10.4 Å². The molecule has 2 heterocycles. The van der Waals surface area contributed by atoms with Crippen molar-refractivity contribution in [3.8, 4) is 16.2 Å². The summed E-state index contributed by atoms with van der Waals surface area (Å²) >= 11 is 1.71. The predicted octanol–water partition coefficient (Wildman–Crippen LogP) is 3.60. The Bertz CT molecular complexity index is 651. The Hall–Kier alpha value is -1.56. The number of ether oxygens (including phenoxy) is 1. The highest BCUT2D eigenvalue weighted by Gasteiger charge is 2.20. The Labute approximate surface area is 153 Å². The van der Waals surface area contributed by atoms with E-state index in [0.717, 1.165) is 25.1 Å². The molecule has 4 nitrogen and oxygen atoms in total. The molecule has 0 saturated carbocycles. The number of carbonyl (C=O) groups is 1. The number of piperidine rings is 1. The van der Waals surface area contributed by atoms with Gasteiger partial charge in [-0.3, -0.25) is 4.79 Å². The lowest BCUT2D eigenvalue weighted by Crippen LogP contribution is -2.46. The molecule has 2 aromatic rings. The third kappa shape index (κ3) is 4.72. The molecule has 130 valence electrons. The molecule has 1 aromatic carbocycles. The third-order valence-electron chi connectivity index (χ3n) is 4.10. The van der Waals surface area contributed by atoms with Crippen LogP contribution in [-0.4, -0.2) is 25.6 Å². The summed E-state index contributed by atoms with van der Waals surface area (Å²) in [6, 6.07) is 12.2. The number of carbonyl (C=O) groups excluding carboxylic acids is 1. The standard InChI is InChI=1S/C18H22N2O2S.ClH/c1-22-14-7-5-13(6-8-14)17-10-9-15(23-17)12-20-18(21)16-4-2-3-11-19-16;/h5-10,16,19H,2-4,11-12H2,1H3,(H,20,21);1H. The Balaban J connectivity index is 0.00000208. The molecule has 0 radical (unpaired) electrons. The van der Waals surface area contributed by atoms with E-state index in [1.807, 2.05) is 12.1 Å². The Morgan fingerprint density at radius 2 is 2.04 bits per heavy atom. The molecule has 0 bridgehead atoms. The molecule has 1 aliphatic heterocycles. The van der Waals surface area contributed by atoms with Crippen LogP contribution >= 0.6 is 23.7 Å². The van der Waals surface area contributed by atoms with E-state index >= 15 is 0 Å². The van der Waals surface area contributed by atoms with E-state index in [4.69, 9.17) is 4.74 Å². The van der Waals surface area contributed by atoms with Gasteiger partial charge in [0.05, 0.1) is 19.7 Å². The zero-order valence-corrected chi connectivity index (χ0v) is 15.3. The summed E-state index contributed by atoms with van der Waals surface area (Å²) in [7, 11) is 1.67. The lowest BCUT2D eigenvalue weighted by molar-refractivity contribution is -0.123. The minimum Gasteiger partial charge on any atom is -0.497 e. The van der Waals surface area contributed by atoms with Crippen LogP contribution in [0.15, 0.2) is 36.4 Å². The second kappa shape index (κ2) is 9.06. The van der Waals surface area contributed by atoms with Crippen LogP contribution in [0.3, 0.4) is 0 Å². The molecule has 0 spiro atoms. The van der Waals surface area contributed by atoms with E-state index in [2.05, 4.69) is 34.9 Å². The van der Waals surface area contributed by atoms with Gasteiger partial charge in [-0.15, -0.1) is 23.7 Å². The Morgan fingerprint density at radius 1 is 1.25 bits per heavy atom. The van der Waals surface area contributed by atoms with Crippen molar-refractivity contribution in [2.24, 2.45) is 0 Å². The van der Waals surface area contributed by atoms with Gasteiger partial charge < -0.3 is 15.4 Å². The summed E-state index contributed by atoms with van der Waals surface area (Å²) in [5.74, 6) is 0.974. The smallest absolute Gasteiger partial charge is 0.237 e. The van der Waals surface area contributed by atoms with Crippen molar-refractivity contribution in [2.45, 2.75) is 31.8 Å². The van der Waals surface area contributed by atoms with Gasteiger partial charge in [0.1, 0.15) is 5.75 Å². The van der Waals surface area contributed by atoms with Crippen LogP contribution in [0.1, 0.15) is 24.1 Å². The first-order valence-electron chi connectivity index (χ1n) is 8.00. The number of hydrogen-bond acceptors (Lipinski definition) is 4. The van der Waals surface area contributed by atoms with Gasteiger partial charge in [0.25, 0.3) is 0 Å². The molecule has 3 rings (SSSR count). The van der Waals surface area contributed by atoms with Gasteiger partial charge >= 0.3 is 0 Å². The number of thiophene rings is 1. The topological polar surface area (TPSA) is 50.4 Å². The summed E-state index contributed by atoms with van der Waals surface area (Å²) in [5, 5.41) is 6.32. The Morgan fingerprint density at radius 3 is 2.71 bits per heavy atom. The highest BCUT2D eigenvalue weighted by molar-refractivity contribution is 7.15. The molecule has 1 unspecified atom stereocenters. The summed E-state index contributed by atoms with van der Waals surface area (Å²) in [4.78, 5) is 14.5. The largest absolute Gasteiger partial charge is 0.497 e. The average molecular weight is 367 g/mol. The molecule has 1 fully saturated rings. The molecular weight excluding hydrogens is 344 g/mol. The normalized spacial score (nSPS) is 17.0. The van der Waals surface area contributed by atoms with Gasteiger partial charge in [-0.25, -0.2) is 0 Å². The van der Waals surface area contributed by atoms with Crippen molar-refractivity contribution in [1.29, 1.82) is 0 Å². The van der Waals surface area contributed by atoms with E-state index in [-0.39, 0.29) is 24.4 Å². The first-order valence-corrected chi connectivity index (χ1v) is 8.82. The van der Waals surface area contributed by atoms with Gasteiger partial charge in [0, 0.05) is 9.75 Å². The summed E-state index contributed by atoms with van der Waals surface area (Å²) in [5.41, 5.74) is 1.17. The molecule has 2 N–H and O–H groups in total. The maximum Gasteiger partial charge on any atom is 0.237 e. The van der Waals surface area contributed by atoms with Crippen molar-refractivity contribution in [3.05, 3.63) is 41.3 Å². The van der Waals surface area contributed by atoms with Gasteiger partial charge in [0.15, 0.2) is 0 Å². The average Bonchev–Trinajstić information content (AvgIpc) is 3.09. The molecule has 1 amide bonds. The van der Waals surface area contributed by atoms with E-state index < -0.39 is 0 Å². The van der Waals surface area contributed by atoms with E-state index in [1.54, 1.807) is 18.4 Å². The summed E-state index contributed by atoms with van der Waals surface area (Å²) in [6.45, 7) is 1.54. The fourth-order valence-corrected chi connectivity index (χ4v) is 3.71. The SMILES string of the molecule is COc1ccc(-c2ccc(CNC(=O)C3CCCCN3)s2)cc1.Cl. The molecule has 1 atom stereocenters. The monoisotopic (exact) mass is 366 g/mol. The minimum atomic E-state index is -0.0234. The number of nitrogens with one attached hydrogen (secondary N) is 2. The first kappa shape index (κ1) is 18.8. The number of rotatable bonds is 5. The molecule has 6 heteroatoms. The van der Waals surface area contributed by atoms with E-state index in [0.29, 0.717) is 6.54 Å². The molecule has 0 aliphatic carbocycles. The molecule has 24 heavy (non-hydrogen) atoms. The first-order chi connectivity index (χ1) is 11.3. The highest BCUT2D eigenvalue weighted by atomic mass is 35.5.